The number of nitrogens with zero attached hydrogens (tertiary/aromatic N) is 2. The highest BCUT2D eigenvalue weighted by Gasteiger charge is 2.32. The number of amides is 1. The predicted octanol–water partition coefficient (Wildman–Crippen LogP) is 7.55. The van der Waals surface area contributed by atoms with Crippen molar-refractivity contribution < 1.29 is 13.9 Å². The highest BCUT2D eigenvalue weighted by Crippen LogP contribution is 2.41. The van der Waals surface area contributed by atoms with Gasteiger partial charge in [0.25, 0.3) is 5.91 Å². The van der Waals surface area contributed by atoms with Crippen LogP contribution in [0.15, 0.2) is 48.7 Å². The third kappa shape index (κ3) is 5.53. The first-order valence-corrected chi connectivity index (χ1v) is 14.5. The number of nitrogens with one attached hydrogen (secondary N) is 1. The van der Waals surface area contributed by atoms with E-state index >= 15 is 0 Å². The lowest BCUT2D eigenvalue weighted by molar-refractivity contribution is 0.0604. The Bertz CT molecular complexity index is 1510. The Labute approximate surface area is 238 Å². The van der Waals surface area contributed by atoms with Crippen LogP contribution in [0, 0.1) is 19.7 Å². The molecule has 0 aliphatic heterocycles. The summed E-state index contributed by atoms with van der Waals surface area (Å²) in [5.74, 6) is 0.195. The number of pyridine rings is 1. The number of benzene rings is 2. The topological polar surface area (TPSA) is 54.5 Å². The Morgan fingerprint density at radius 1 is 1.13 bits per heavy atom. The van der Waals surface area contributed by atoms with Crippen molar-refractivity contribution in [3.63, 3.8) is 0 Å². The largest absolute Gasteiger partial charge is 0.496 e. The van der Waals surface area contributed by atoms with Gasteiger partial charge in [-0.2, -0.15) is 0 Å². The van der Waals surface area contributed by atoms with E-state index in [4.69, 9.17) is 16.3 Å². The maximum absolute atomic E-state index is 14.7. The molecule has 2 aromatic heterocycles. The molecule has 0 unspecified atom stereocenters. The Morgan fingerprint density at radius 2 is 1.87 bits per heavy atom. The van der Waals surface area contributed by atoms with Gasteiger partial charge in [-0.1, -0.05) is 23.7 Å². The zero-order valence-corrected chi connectivity index (χ0v) is 24.3. The first kappa shape index (κ1) is 27.6. The summed E-state index contributed by atoms with van der Waals surface area (Å²) in [7, 11) is 3.63. The minimum atomic E-state index is -0.357. The first-order valence-electron chi connectivity index (χ1n) is 13.3. The zero-order chi connectivity index (χ0) is 27.7. The average molecular weight is 566 g/mol. The normalized spacial score (nSPS) is 17.4. The van der Waals surface area contributed by atoms with Gasteiger partial charge in [0.05, 0.1) is 16.8 Å². The van der Waals surface area contributed by atoms with Gasteiger partial charge in [0.2, 0.25) is 0 Å². The summed E-state index contributed by atoms with van der Waals surface area (Å²) in [5, 5.41) is 4.33. The first-order chi connectivity index (χ1) is 18.8. The Hall–Kier alpha value is -3.00. The van der Waals surface area contributed by atoms with Crippen LogP contribution in [0.5, 0.6) is 5.75 Å². The number of rotatable bonds is 7. The number of thiophene rings is 1. The number of hydrogen-bond acceptors (Lipinski definition) is 5. The molecule has 4 aromatic rings. The summed E-state index contributed by atoms with van der Waals surface area (Å²) in [5.41, 5.74) is 4.78. The van der Waals surface area contributed by atoms with E-state index in [9.17, 15) is 9.18 Å². The quantitative estimate of drug-likeness (QED) is 0.251. The summed E-state index contributed by atoms with van der Waals surface area (Å²) in [4.78, 5) is 20.9. The fourth-order valence-electron chi connectivity index (χ4n) is 5.59. The molecule has 5 nitrogen and oxygen atoms in total. The number of ether oxygens (including phenoxy) is 1. The molecule has 0 saturated heterocycles. The number of aromatic nitrogens is 1. The van der Waals surface area contributed by atoms with Gasteiger partial charge in [-0.05, 0) is 93.6 Å². The average Bonchev–Trinajstić information content (AvgIpc) is 3.31. The molecule has 1 N–H and O–H groups in total. The molecule has 1 amide bonds. The van der Waals surface area contributed by atoms with Crippen LogP contribution >= 0.6 is 22.9 Å². The van der Waals surface area contributed by atoms with Crippen molar-refractivity contribution in [2.75, 3.05) is 14.2 Å². The van der Waals surface area contributed by atoms with Gasteiger partial charge in [0.1, 0.15) is 16.4 Å². The molecular weight excluding hydrogens is 533 g/mol. The van der Waals surface area contributed by atoms with E-state index in [0.29, 0.717) is 32.6 Å². The second kappa shape index (κ2) is 11.6. The molecule has 1 aliphatic rings. The molecular formula is C31H33ClFN3O2S. The molecule has 0 atom stereocenters. The number of carbonyl (C=O) groups excluding carboxylic acids is 1. The van der Waals surface area contributed by atoms with Gasteiger partial charge in [-0.3, -0.25) is 9.78 Å². The molecule has 5 rings (SSSR count). The molecule has 2 heterocycles. The number of halogens is 2. The van der Waals surface area contributed by atoms with E-state index < -0.39 is 0 Å². The number of methoxy groups -OCH3 is 1. The lowest BCUT2D eigenvalue weighted by Crippen LogP contribution is -2.44. The van der Waals surface area contributed by atoms with Gasteiger partial charge in [0.15, 0.2) is 0 Å². The monoisotopic (exact) mass is 565 g/mol. The van der Waals surface area contributed by atoms with Gasteiger partial charge in [-0.15, -0.1) is 11.3 Å². The maximum atomic E-state index is 14.7. The highest BCUT2D eigenvalue weighted by atomic mass is 35.5. The molecule has 1 fully saturated rings. The number of aryl methyl sites for hydroxylation is 2. The molecule has 2 aromatic carbocycles. The van der Waals surface area contributed by atoms with E-state index in [-0.39, 0.29) is 17.8 Å². The Balaban J connectivity index is 1.56. The van der Waals surface area contributed by atoms with Gasteiger partial charge in [0, 0.05) is 41.5 Å². The van der Waals surface area contributed by atoms with Crippen molar-refractivity contribution in [3.8, 4) is 16.9 Å². The van der Waals surface area contributed by atoms with Crippen LogP contribution in [-0.2, 0) is 6.54 Å². The molecule has 0 spiro atoms. The molecule has 0 radical (unpaired) electrons. The second-order valence-corrected chi connectivity index (χ2v) is 11.7. The van der Waals surface area contributed by atoms with E-state index in [1.54, 1.807) is 19.4 Å². The smallest absolute Gasteiger partial charge is 0.266 e. The fourth-order valence-corrected chi connectivity index (χ4v) is 7.22. The molecule has 8 heteroatoms. The predicted molar refractivity (Wildman–Crippen MR) is 157 cm³/mol. The van der Waals surface area contributed by atoms with Gasteiger partial charge in [-0.25, -0.2) is 4.39 Å². The lowest BCUT2D eigenvalue weighted by atomic mass is 9.89. The van der Waals surface area contributed by atoms with Crippen LogP contribution in [0.25, 0.3) is 21.2 Å². The van der Waals surface area contributed by atoms with Crippen molar-refractivity contribution in [1.29, 1.82) is 0 Å². The van der Waals surface area contributed by atoms with Crippen molar-refractivity contribution in [1.82, 2.24) is 15.2 Å². The van der Waals surface area contributed by atoms with Crippen LogP contribution < -0.4 is 10.1 Å². The SMILES string of the molecule is CNC1CCC(N(Cc2cc(-c3ccnc(C)c3)ccc2OC)C(=O)c2sc3c(F)ccc(C)c3c2Cl)CC1. The van der Waals surface area contributed by atoms with Gasteiger partial charge >= 0.3 is 0 Å². The molecule has 39 heavy (non-hydrogen) atoms. The van der Waals surface area contributed by atoms with Crippen LogP contribution in [0.2, 0.25) is 5.02 Å². The van der Waals surface area contributed by atoms with Crippen molar-refractivity contribution >= 4 is 38.9 Å². The molecule has 1 saturated carbocycles. The van der Waals surface area contributed by atoms with Crippen molar-refractivity contribution in [2.45, 2.75) is 58.2 Å². The third-order valence-electron chi connectivity index (χ3n) is 7.79. The molecule has 1 aliphatic carbocycles. The summed E-state index contributed by atoms with van der Waals surface area (Å²) in [6.45, 7) is 4.22. The van der Waals surface area contributed by atoms with Crippen LogP contribution in [0.1, 0.15) is 52.2 Å². The van der Waals surface area contributed by atoms with Crippen LogP contribution in [0.3, 0.4) is 0 Å². The Morgan fingerprint density at radius 3 is 2.54 bits per heavy atom. The summed E-state index contributed by atoms with van der Waals surface area (Å²) in [6.07, 6.45) is 5.51. The fraction of sp³-hybridized carbons (Fsp3) is 0.355. The summed E-state index contributed by atoms with van der Waals surface area (Å²) in [6, 6.07) is 13.7. The molecule has 0 bridgehead atoms. The highest BCUT2D eigenvalue weighted by molar-refractivity contribution is 7.21. The maximum Gasteiger partial charge on any atom is 0.266 e. The molecule has 204 valence electrons. The van der Waals surface area contributed by atoms with Crippen LogP contribution in [-0.4, -0.2) is 42.0 Å². The third-order valence-corrected chi connectivity index (χ3v) is 9.47. The van der Waals surface area contributed by atoms with E-state index in [1.165, 1.54) is 6.07 Å². The van der Waals surface area contributed by atoms with E-state index in [1.807, 2.05) is 50.1 Å². The van der Waals surface area contributed by atoms with E-state index in [0.717, 1.165) is 70.7 Å². The summed E-state index contributed by atoms with van der Waals surface area (Å²) < 4.78 is 20.9. The van der Waals surface area contributed by atoms with Crippen molar-refractivity contribution in [2.24, 2.45) is 0 Å². The number of hydrogen-bond donors (Lipinski definition) is 1. The minimum Gasteiger partial charge on any atom is -0.496 e. The minimum absolute atomic E-state index is 0.0332. The lowest BCUT2D eigenvalue weighted by Gasteiger charge is -2.37. The van der Waals surface area contributed by atoms with Gasteiger partial charge < -0.3 is 15.0 Å². The van der Waals surface area contributed by atoms with Crippen LogP contribution in [0.4, 0.5) is 4.39 Å². The van der Waals surface area contributed by atoms with Crippen molar-refractivity contribution in [3.05, 3.63) is 81.2 Å². The number of fused-ring (bicyclic) bond motifs is 1. The number of carbonyl (C=O) groups is 1. The van der Waals surface area contributed by atoms with E-state index in [2.05, 4.69) is 16.4 Å². The zero-order valence-electron chi connectivity index (χ0n) is 22.7. The summed E-state index contributed by atoms with van der Waals surface area (Å²) >= 11 is 7.94. The standard InChI is InChI=1S/C31H33ClFN3O2S/c1-18-5-11-25(33)29-27(18)28(32)30(39-29)31(37)36(24-9-7-23(34-3)8-10-24)17-22-16-20(6-12-26(22)38-4)21-13-14-35-19(2)15-21/h5-6,11-16,23-24,34H,7-10,17H2,1-4H3. The second-order valence-electron chi connectivity index (χ2n) is 10.3. The Kier molecular flexibility index (Phi) is 8.21.